The van der Waals surface area contributed by atoms with Crippen molar-refractivity contribution in [2.45, 2.75) is 47.6 Å². The topological polar surface area (TPSA) is 61.9 Å². The van der Waals surface area contributed by atoms with Crippen LogP contribution in [0.4, 0.5) is 0 Å². The van der Waals surface area contributed by atoms with Crippen molar-refractivity contribution in [1.29, 1.82) is 0 Å². The van der Waals surface area contributed by atoms with Crippen LogP contribution in [0.2, 0.25) is 0 Å². The first-order valence-electron chi connectivity index (χ1n) is 5.32. The summed E-state index contributed by atoms with van der Waals surface area (Å²) in [6, 6.07) is 0. The largest absolute Gasteiger partial charge is 0.512 e. The van der Waals surface area contributed by atoms with Crippen molar-refractivity contribution in [3.8, 4) is 0 Å². The molecule has 0 rings (SSSR count). The predicted octanol–water partition coefficient (Wildman–Crippen LogP) is 2.67. The van der Waals surface area contributed by atoms with Gasteiger partial charge in [-0.05, 0) is 13.8 Å². The summed E-state index contributed by atoms with van der Waals surface area (Å²) in [5, 5.41) is 17.3. The maximum absolute atomic E-state index is 9.23. The molecular formula is C12H25O3Ti+. The van der Waals surface area contributed by atoms with Gasteiger partial charge >= 0.3 is 5.78 Å². The molecule has 0 saturated carbocycles. The second-order valence-electron chi connectivity index (χ2n) is 4.40. The number of rotatable bonds is 3. The van der Waals surface area contributed by atoms with E-state index >= 15 is 0 Å². The van der Waals surface area contributed by atoms with Crippen molar-refractivity contribution in [1.82, 2.24) is 0 Å². The molecule has 0 spiro atoms. The number of aliphatic hydroxyl groups is 2. The first-order chi connectivity index (χ1) is 6.68. The smallest absolute Gasteiger partial charge is 0.322 e. The van der Waals surface area contributed by atoms with Crippen molar-refractivity contribution >= 4 is 5.78 Å². The number of carbonyl (C=O) groups excluding carboxylic acids is 1. The van der Waals surface area contributed by atoms with Crippen molar-refractivity contribution in [2.75, 3.05) is 0 Å². The SMILES string of the molecule is CC(C)C(=[OH+])/C=C(\O)C(C)C.CC(C)O.[Ti]. The Balaban J connectivity index is -0.000000292. The van der Waals surface area contributed by atoms with E-state index in [-0.39, 0.29) is 51.2 Å². The molecule has 94 valence electrons. The van der Waals surface area contributed by atoms with Crippen LogP contribution in [0.5, 0.6) is 0 Å². The molecule has 0 aliphatic heterocycles. The molecule has 0 atom stereocenters. The minimum atomic E-state index is -0.167. The van der Waals surface area contributed by atoms with Crippen LogP contribution < -0.4 is 0 Å². The minimum absolute atomic E-state index is 0. The summed E-state index contributed by atoms with van der Waals surface area (Å²) >= 11 is 0. The molecule has 0 aliphatic carbocycles. The second kappa shape index (κ2) is 11.4. The van der Waals surface area contributed by atoms with E-state index in [1.54, 1.807) is 13.8 Å². The van der Waals surface area contributed by atoms with E-state index < -0.39 is 0 Å². The Hall–Kier alpha value is -0.116. The predicted molar refractivity (Wildman–Crippen MR) is 64.7 cm³/mol. The zero-order chi connectivity index (χ0) is 12.6. The zero-order valence-corrected chi connectivity index (χ0v) is 12.7. The van der Waals surface area contributed by atoms with Gasteiger partial charge in [0.05, 0.1) is 12.0 Å². The van der Waals surface area contributed by atoms with Gasteiger partial charge in [-0.1, -0.05) is 27.7 Å². The molecule has 3 nitrogen and oxygen atoms in total. The van der Waals surface area contributed by atoms with Gasteiger partial charge in [0.15, 0.2) is 0 Å². The summed E-state index contributed by atoms with van der Waals surface area (Å²) in [4.78, 5) is 9.23. The Morgan fingerprint density at radius 1 is 1.00 bits per heavy atom. The van der Waals surface area contributed by atoms with Crippen molar-refractivity contribution < 1.29 is 36.7 Å². The van der Waals surface area contributed by atoms with Gasteiger partial charge < -0.3 is 10.2 Å². The van der Waals surface area contributed by atoms with Crippen molar-refractivity contribution in [3.05, 3.63) is 11.8 Å². The van der Waals surface area contributed by atoms with E-state index in [0.29, 0.717) is 0 Å². The normalized spacial score (nSPS) is 11.0. The zero-order valence-electron chi connectivity index (χ0n) is 11.2. The van der Waals surface area contributed by atoms with Gasteiger partial charge in [-0.15, -0.1) is 0 Å². The quantitative estimate of drug-likeness (QED) is 0.356. The van der Waals surface area contributed by atoms with Crippen molar-refractivity contribution in [3.63, 3.8) is 0 Å². The summed E-state index contributed by atoms with van der Waals surface area (Å²) in [7, 11) is 0. The molecule has 0 aromatic heterocycles. The molecule has 0 aliphatic rings. The standard InChI is InChI=1S/C9H16O2.C3H8O.Ti/c1-6(2)8(10)5-9(11)7(3)4;1-3(2)4;/h5-7,10H,1-4H3;3-4H,1-2H3;/p+1/b8-5-;;. The molecule has 0 fully saturated rings. The molecule has 3 N–H and O–H groups in total. The van der Waals surface area contributed by atoms with Gasteiger partial charge in [0, 0.05) is 33.7 Å². The van der Waals surface area contributed by atoms with E-state index in [9.17, 15) is 9.90 Å². The third-order valence-electron chi connectivity index (χ3n) is 1.48. The molecule has 4 heteroatoms. The van der Waals surface area contributed by atoms with Crippen LogP contribution >= 0.6 is 0 Å². The monoisotopic (exact) mass is 265 g/mol. The molecule has 0 unspecified atom stereocenters. The Labute approximate surface area is 114 Å². The average molecular weight is 265 g/mol. The Morgan fingerprint density at radius 3 is 1.50 bits per heavy atom. The molecule has 0 heterocycles. The van der Waals surface area contributed by atoms with E-state index in [2.05, 4.69) is 0 Å². The summed E-state index contributed by atoms with van der Waals surface area (Å²) in [5.41, 5.74) is 0. The van der Waals surface area contributed by atoms with Crippen LogP contribution in [0.25, 0.3) is 0 Å². The van der Waals surface area contributed by atoms with E-state index in [0.717, 1.165) is 0 Å². The molecule has 0 radical (unpaired) electrons. The molecule has 0 amide bonds. The third kappa shape index (κ3) is 16.3. The van der Waals surface area contributed by atoms with Crippen LogP contribution in [0.3, 0.4) is 0 Å². The van der Waals surface area contributed by atoms with Crippen LogP contribution in [0.1, 0.15) is 41.5 Å². The van der Waals surface area contributed by atoms with Crippen LogP contribution in [-0.4, -0.2) is 26.9 Å². The van der Waals surface area contributed by atoms with Crippen LogP contribution in [0.15, 0.2) is 11.8 Å². The van der Waals surface area contributed by atoms with E-state index in [1.807, 2.05) is 27.7 Å². The fourth-order valence-corrected chi connectivity index (χ4v) is 0.485. The first-order valence-corrected chi connectivity index (χ1v) is 5.32. The van der Waals surface area contributed by atoms with E-state index in [1.165, 1.54) is 6.08 Å². The van der Waals surface area contributed by atoms with Gasteiger partial charge in [0.2, 0.25) is 0 Å². The maximum atomic E-state index is 9.23. The molecule has 0 bridgehead atoms. The molecule has 16 heavy (non-hydrogen) atoms. The molecule has 0 saturated heterocycles. The van der Waals surface area contributed by atoms with E-state index in [4.69, 9.17) is 5.11 Å². The summed E-state index contributed by atoms with van der Waals surface area (Å²) < 4.78 is 0. The van der Waals surface area contributed by atoms with Crippen LogP contribution in [0, 0.1) is 11.8 Å². The first kappa shape index (κ1) is 21.2. The fourth-order valence-electron chi connectivity index (χ4n) is 0.485. The minimum Gasteiger partial charge on any atom is -0.512 e. The van der Waals surface area contributed by atoms with Crippen molar-refractivity contribution in [2.24, 2.45) is 11.8 Å². The summed E-state index contributed by atoms with van der Waals surface area (Å²) in [6.45, 7) is 10.9. The van der Waals surface area contributed by atoms with Gasteiger partial charge in [0.1, 0.15) is 5.76 Å². The number of hydrogen-bond donors (Lipinski definition) is 2. The third-order valence-corrected chi connectivity index (χ3v) is 1.48. The molecule has 0 aromatic rings. The maximum Gasteiger partial charge on any atom is 0.322 e. The Bertz CT molecular complexity index is 206. The number of allylic oxidation sites excluding steroid dienone is 2. The van der Waals surface area contributed by atoms with Crippen LogP contribution in [-0.2, 0) is 21.7 Å². The number of hydrogen-bond acceptors (Lipinski definition) is 2. The summed E-state index contributed by atoms with van der Waals surface area (Å²) in [5.74, 6) is 0.624. The van der Waals surface area contributed by atoms with Gasteiger partial charge in [-0.3, -0.25) is 4.79 Å². The van der Waals surface area contributed by atoms with Gasteiger partial charge in [0.25, 0.3) is 0 Å². The summed E-state index contributed by atoms with van der Waals surface area (Å²) in [6.07, 6.45) is 1.26. The second-order valence-corrected chi connectivity index (χ2v) is 4.40. The Kier molecular flexibility index (Phi) is 15.1. The van der Waals surface area contributed by atoms with Gasteiger partial charge in [-0.2, -0.15) is 0 Å². The van der Waals surface area contributed by atoms with Gasteiger partial charge in [-0.25, -0.2) is 0 Å². The number of aliphatic hydroxyl groups excluding tert-OH is 2. The molecule has 0 aromatic carbocycles. The average Bonchev–Trinajstić information content (AvgIpc) is 2.02. The molecular weight excluding hydrogens is 240 g/mol. The number of ketones is 1. The Morgan fingerprint density at radius 2 is 1.31 bits per heavy atom. The fraction of sp³-hybridized carbons (Fsp3) is 0.750.